The van der Waals surface area contributed by atoms with Gasteiger partial charge in [-0.3, -0.25) is 14.5 Å². The van der Waals surface area contributed by atoms with Crippen molar-refractivity contribution in [2.24, 2.45) is 0 Å². The predicted octanol–water partition coefficient (Wildman–Crippen LogP) is 2.19. The second-order valence-corrected chi connectivity index (χ2v) is 6.14. The third-order valence-corrected chi connectivity index (χ3v) is 4.32. The van der Waals surface area contributed by atoms with E-state index in [9.17, 15) is 19.5 Å². The first-order valence-corrected chi connectivity index (χ1v) is 7.08. The minimum Gasteiger partial charge on any atom is -0.480 e. The lowest BCUT2D eigenvalue weighted by Crippen LogP contribution is -2.55. The standard InChI is InChI=1S/C14H15NO4S/c1-8(16)9-4-5-10-11(6-9)20-7-12(17)15(10)14(2,3)13(18)19/h4-6H,7H2,1-3H3,(H,18,19). The lowest BCUT2D eigenvalue weighted by Gasteiger charge is -2.38. The summed E-state index contributed by atoms with van der Waals surface area (Å²) in [5.41, 5.74) is -0.229. The SMILES string of the molecule is CC(=O)c1ccc2c(c1)SCC(=O)N2C(C)(C)C(=O)O. The average molecular weight is 293 g/mol. The van der Waals surface area contributed by atoms with E-state index in [0.717, 1.165) is 4.90 Å². The number of thioether (sulfide) groups is 1. The molecular weight excluding hydrogens is 278 g/mol. The summed E-state index contributed by atoms with van der Waals surface area (Å²) in [6.45, 7) is 4.46. The molecule has 1 heterocycles. The largest absolute Gasteiger partial charge is 0.480 e. The van der Waals surface area contributed by atoms with Gasteiger partial charge in [0, 0.05) is 10.5 Å². The summed E-state index contributed by atoms with van der Waals surface area (Å²) in [4.78, 5) is 36.9. The molecule has 1 N–H and O–H groups in total. The highest BCUT2D eigenvalue weighted by Gasteiger charge is 2.41. The number of carboxylic acid groups (broad SMARTS) is 1. The zero-order chi connectivity index (χ0) is 15.1. The molecule has 2 rings (SSSR count). The molecule has 0 fully saturated rings. The summed E-state index contributed by atoms with van der Waals surface area (Å²) in [6, 6.07) is 4.96. The van der Waals surface area contributed by atoms with Gasteiger partial charge in [-0.1, -0.05) is 0 Å². The Morgan fingerprint density at radius 1 is 1.35 bits per heavy atom. The number of anilines is 1. The number of hydrogen-bond donors (Lipinski definition) is 1. The Balaban J connectivity index is 2.55. The van der Waals surface area contributed by atoms with Crippen LogP contribution in [0.15, 0.2) is 23.1 Å². The fourth-order valence-corrected chi connectivity index (χ4v) is 3.01. The molecule has 0 saturated carbocycles. The van der Waals surface area contributed by atoms with Gasteiger partial charge >= 0.3 is 5.97 Å². The van der Waals surface area contributed by atoms with Gasteiger partial charge in [-0.05, 0) is 39.0 Å². The number of nitrogens with zero attached hydrogens (tertiary/aromatic N) is 1. The van der Waals surface area contributed by atoms with E-state index < -0.39 is 11.5 Å². The summed E-state index contributed by atoms with van der Waals surface area (Å²) >= 11 is 1.32. The number of ketones is 1. The number of Topliss-reactive ketones (excluding diaryl/α,β-unsaturated/α-hetero) is 1. The zero-order valence-electron chi connectivity index (χ0n) is 11.5. The molecule has 5 nitrogen and oxygen atoms in total. The summed E-state index contributed by atoms with van der Waals surface area (Å²) in [5.74, 6) is -1.20. The van der Waals surface area contributed by atoms with Crippen LogP contribution in [-0.4, -0.2) is 34.1 Å². The quantitative estimate of drug-likeness (QED) is 0.865. The highest BCUT2D eigenvalue weighted by molar-refractivity contribution is 8.00. The van der Waals surface area contributed by atoms with Crippen molar-refractivity contribution in [3.63, 3.8) is 0 Å². The maximum absolute atomic E-state index is 12.1. The van der Waals surface area contributed by atoms with Crippen LogP contribution in [0, 0.1) is 0 Å². The van der Waals surface area contributed by atoms with E-state index in [4.69, 9.17) is 0 Å². The number of benzene rings is 1. The summed E-state index contributed by atoms with van der Waals surface area (Å²) in [6.07, 6.45) is 0. The molecule has 20 heavy (non-hydrogen) atoms. The van der Waals surface area contributed by atoms with Crippen LogP contribution in [0.3, 0.4) is 0 Å². The van der Waals surface area contributed by atoms with Gasteiger partial charge in [0.1, 0.15) is 5.54 Å². The van der Waals surface area contributed by atoms with Crippen molar-refractivity contribution in [1.29, 1.82) is 0 Å². The van der Waals surface area contributed by atoms with E-state index in [0.29, 0.717) is 11.3 Å². The van der Waals surface area contributed by atoms with Gasteiger partial charge in [-0.2, -0.15) is 0 Å². The molecule has 0 bridgehead atoms. The number of hydrogen-bond acceptors (Lipinski definition) is 4. The lowest BCUT2D eigenvalue weighted by molar-refractivity contribution is -0.143. The molecule has 1 aliphatic rings. The fourth-order valence-electron chi connectivity index (χ4n) is 2.08. The Kier molecular flexibility index (Phi) is 3.60. The van der Waals surface area contributed by atoms with Crippen LogP contribution < -0.4 is 4.90 Å². The third-order valence-electron chi connectivity index (χ3n) is 3.29. The van der Waals surface area contributed by atoms with Crippen LogP contribution in [0.4, 0.5) is 5.69 Å². The molecule has 0 aliphatic carbocycles. The second-order valence-electron chi connectivity index (χ2n) is 5.12. The molecule has 0 atom stereocenters. The maximum Gasteiger partial charge on any atom is 0.329 e. The van der Waals surface area contributed by atoms with Crippen molar-refractivity contribution >= 4 is 35.1 Å². The van der Waals surface area contributed by atoms with Crippen LogP contribution in [0.5, 0.6) is 0 Å². The summed E-state index contributed by atoms with van der Waals surface area (Å²) in [7, 11) is 0. The molecule has 0 unspecified atom stereocenters. The second kappa shape index (κ2) is 4.94. The molecule has 1 aromatic rings. The topological polar surface area (TPSA) is 74.7 Å². The maximum atomic E-state index is 12.1. The summed E-state index contributed by atoms with van der Waals surface area (Å²) < 4.78 is 0. The fraction of sp³-hybridized carbons (Fsp3) is 0.357. The normalized spacial score (nSPS) is 14.9. The summed E-state index contributed by atoms with van der Waals surface area (Å²) in [5, 5.41) is 9.32. The molecule has 0 aromatic heterocycles. The first kappa shape index (κ1) is 14.6. The van der Waals surface area contributed by atoms with Gasteiger partial charge in [0.15, 0.2) is 5.78 Å². The highest BCUT2D eigenvalue weighted by Crippen LogP contribution is 2.39. The number of rotatable bonds is 3. The minimum absolute atomic E-state index is 0.0608. The Bertz CT molecular complexity index is 609. The number of carbonyl (C=O) groups excluding carboxylic acids is 2. The van der Waals surface area contributed by atoms with Gasteiger partial charge < -0.3 is 5.11 Å². The van der Waals surface area contributed by atoms with E-state index in [1.54, 1.807) is 18.2 Å². The molecule has 1 aromatic carbocycles. The van der Waals surface area contributed by atoms with Crippen molar-refractivity contribution in [3.05, 3.63) is 23.8 Å². The minimum atomic E-state index is -1.33. The van der Waals surface area contributed by atoms with E-state index in [1.165, 1.54) is 37.4 Å². The van der Waals surface area contributed by atoms with Gasteiger partial charge in [0.05, 0.1) is 11.4 Å². The van der Waals surface area contributed by atoms with Gasteiger partial charge in [-0.15, -0.1) is 11.8 Å². The van der Waals surface area contributed by atoms with Gasteiger partial charge in [-0.25, -0.2) is 4.79 Å². The monoisotopic (exact) mass is 293 g/mol. The predicted molar refractivity (Wildman–Crippen MR) is 76.4 cm³/mol. The zero-order valence-corrected chi connectivity index (χ0v) is 12.3. The van der Waals surface area contributed by atoms with E-state index in [1.807, 2.05) is 0 Å². The van der Waals surface area contributed by atoms with Crippen molar-refractivity contribution < 1.29 is 19.5 Å². The van der Waals surface area contributed by atoms with Crippen molar-refractivity contribution in [1.82, 2.24) is 0 Å². The van der Waals surface area contributed by atoms with Crippen molar-refractivity contribution in [2.75, 3.05) is 10.7 Å². The molecular formula is C14H15NO4S. The first-order valence-electron chi connectivity index (χ1n) is 6.09. The van der Waals surface area contributed by atoms with E-state index in [-0.39, 0.29) is 17.4 Å². The van der Waals surface area contributed by atoms with Crippen LogP contribution in [0.1, 0.15) is 31.1 Å². The number of aliphatic carboxylic acids is 1. The number of carboxylic acids is 1. The highest BCUT2D eigenvalue weighted by atomic mass is 32.2. The van der Waals surface area contributed by atoms with E-state index >= 15 is 0 Å². The molecule has 1 aliphatic heterocycles. The Morgan fingerprint density at radius 2 is 2.00 bits per heavy atom. The average Bonchev–Trinajstić information content (AvgIpc) is 2.37. The van der Waals surface area contributed by atoms with Crippen molar-refractivity contribution in [2.45, 2.75) is 31.2 Å². The molecule has 0 saturated heterocycles. The molecule has 0 spiro atoms. The number of amides is 1. The van der Waals surface area contributed by atoms with Crippen LogP contribution >= 0.6 is 11.8 Å². The van der Waals surface area contributed by atoms with Crippen LogP contribution in [-0.2, 0) is 9.59 Å². The smallest absolute Gasteiger partial charge is 0.329 e. The first-order chi connectivity index (χ1) is 9.25. The molecule has 6 heteroatoms. The Labute approximate surface area is 121 Å². The Hall–Kier alpha value is -1.82. The Morgan fingerprint density at radius 3 is 2.55 bits per heavy atom. The van der Waals surface area contributed by atoms with Crippen LogP contribution in [0.25, 0.3) is 0 Å². The third kappa shape index (κ3) is 2.31. The lowest BCUT2D eigenvalue weighted by atomic mass is 10.0. The van der Waals surface area contributed by atoms with Gasteiger partial charge in [0.25, 0.3) is 0 Å². The number of fused-ring (bicyclic) bond motifs is 1. The van der Waals surface area contributed by atoms with Crippen LogP contribution in [0.2, 0.25) is 0 Å². The molecule has 1 amide bonds. The molecule has 106 valence electrons. The molecule has 0 radical (unpaired) electrons. The van der Waals surface area contributed by atoms with Gasteiger partial charge in [0.2, 0.25) is 5.91 Å². The van der Waals surface area contributed by atoms with E-state index in [2.05, 4.69) is 0 Å². The number of carbonyl (C=O) groups is 3. The van der Waals surface area contributed by atoms with Crippen molar-refractivity contribution in [3.8, 4) is 0 Å².